The minimum absolute atomic E-state index is 0.205. The third-order valence-electron chi connectivity index (χ3n) is 4.69. The molecule has 3 heterocycles. The number of benzene rings is 1. The summed E-state index contributed by atoms with van der Waals surface area (Å²) < 4.78 is 29.0. The summed E-state index contributed by atoms with van der Waals surface area (Å²) in [5, 5.41) is 8.87. The summed E-state index contributed by atoms with van der Waals surface area (Å²) in [5.74, 6) is 1.54. The Morgan fingerprint density at radius 1 is 0.929 bits per heavy atom. The number of nitriles is 1. The van der Waals surface area contributed by atoms with Gasteiger partial charge in [-0.15, -0.1) is 0 Å². The van der Waals surface area contributed by atoms with Gasteiger partial charge in [-0.2, -0.15) is 9.57 Å². The number of anilines is 1. The maximum atomic E-state index is 12.8. The molecule has 1 saturated heterocycles. The molecule has 0 aliphatic carbocycles. The lowest BCUT2D eigenvalue weighted by atomic mass is 10.2. The van der Waals surface area contributed by atoms with Crippen molar-refractivity contribution in [2.75, 3.05) is 31.1 Å². The van der Waals surface area contributed by atoms with Crippen LogP contribution in [-0.2, 0) is 10.0 Å². The molecule has 0 N–H and O–H groups in total. The Kier molecular flexibility index (Phi) is 4.81. The van der Waals surface area contributed by atoms with Crippen molar-refractivity contribution in [2.45, 2.75) is 4.90 Å². The van der Waals surface area contributed by atoms with E-state index in [4.69, 9.17) is 5.26 Å². The first-order chi connectivity index (χ1) is 13.6. The second kappa shape index (κ2) is 7.42. The molecule has 142 valence electrons. The maximum Gasteiger partial charge on any atom is 0.243 e. The van der Waals surface area contributed by atoms with Crippen molar-refractivity contribution in [1.29, 1.82) is 5.26 Å². The summed E-state index contributed by atoms with van der Waals surface area (Å²) in [5.41, 5.74) is 0.436. The van der Waals surface area contributed by atoms with Gasteiger partial charge in [-0.3, -0.25) is 0 Å². The zero-order valence-electron chi connectivity index (χ0n) is 15.0. The number of sulfonamides is 1. The van der Waals surface area contributed by atoms with E-state index in [0.29, 0.717) is 31.7 Å². The van der Waals surface area contributed by atoms with Gasteiger partial charge >= 0.3 is 0 Å². The Hall–Kier alpha value is -3.22. The van der Waals surface area contributed by atoms with Crippen LogP contribution in [0.15, 0.2) is 66.1 Å². The van der Waals surface area contributed by atoms with Crippen molar-refractivity contribution in [2.24, 2.45) is 0 Å². The molecule has 0 saturated carbocycles. The first-order valence-corrected chi connectivity index (χ1v) is 10.2. The van der Waals surface area contributed by atoms with Gasteiger partial charge in [0.15, 0.2) is 0 Å². The maximum absolute atomic E-state index is 12.8. The highest BCUT2D eigenvalue weighted by Crippen LogP contribution is 2.21. The molecule has 8 nitrogen and oxygen atoms in total. The first kappa shape index (κ1) is 18.2. The molecule has 0 radical (unpaired) electrons. The number of hydrogen-bond acceptors (Lipinski definition) is 6. The molecule has 0 bridgehead atoms. The lowest BCUT2D eigenvalue weighted by Gasteiger charge is -2.34. The molecule has 0 unspecified atom stereocenters. The van der Waals surface area contributed by atoms with E-state index in [-0.39, 0.29) is 4.90 Å². The molecule has 28 heavy (non-hydrogen) atoms. The Morgan fingerprint density at radius 3 is 2.21 bits per heavy atom. The van der Waals surface area contributed by atoms with Crippen molar-refractivity contribution < 1.29 is 8.42 Å². The Balaban J connectivity index is 1.47. The van der Waals surface area contributed by atoms with Crippen LogP contribution in [0.2, 0.25) is 0 Å². The fourth-order valence-electron chi connectivity index (χ4n) is 3.15. The third kappa shape index (κ3) is 3.47. The second-order valence-electron chi connectivity index (χ2n) is 6.35. The third-order valence-corrected chi connectivity index (χ3v) is 6.60. The largest absolute Gasteiger partial charge is 0.354 e. The van der Waals surface area contributed by atoms with E-state index in [0.717, 1.165) is 11.6 Å². The van der Waals surface area contributed by atoms with E-state index in [1.807, 2.05) is 41.2 Å². The molecule has 4 rings (SSSR count). The second-order valence-corrected chi connectivity index (χ2v) is 8.29. The van der Waals surface area contributed by atoms with Crippen molar-refractivity contribution in [3.05, 3.63) is 66.7 Å². The molecule has 9 heteroatoms. The highest BCUT2D eigenvalue weighted by Gasteiger charge is 2.29. The normalized spacial score (nSPS) is 15.3. The van der Waals surface area contributed by atoms with Gasteiger partial charge in [-0.25, -0.2) is 18.4 Å². The summed E-state index contributed by atoms with van der Waals surface area (Å²) in [6, 6.07) is 13.7. The van der Waals surface area contributed by atoms with Gasteiger partial charge in [0.1, 0.15) is 18.0 Å². The van der Waals surface area contributed by atoms with Gasteiger partial charge in [0, 0.05) is 44.6 Å². The highest BCUT2D eigenvalue weighted by molar-refractivity contribution is 7.89. The molecule has 0 atom stereocenters. The van der Waals surface area contributed by atoms with Crippen LogP contribution in [0.3, 0.4) is 0 Å². The van der Waals surface area contributed by atoms with Crippen molar-refractivity contribution in [3.63, 3.8) is 0 Å². The monoisotopic (exact) mass is 394 g/mol. The molecule has 2 aromatic heterocycles. The highest BCUT2D eigenvalue weighted by atomic mass is 32.2. The van der Waals surface area contributed by atoms with Crippen molar-refractivity contribution in [3.8, 4) is 11.9 Å². The quantitative estimate of drug-likeness (QED) is 0.668. The summed E-state index contributed by atoms with van der Waals surface area (Å²) >= 11 is 0. The van der Waals surface area contributed by atoms with Crippen LogP contribution in [0.4, 0.5) is 5.82 Å². The van der Waals surface area contributed by atoms with Gasteiger partial charge in [0.25, 0.3) is 0 Å². The molecule has 1 aliphatic heterocycles. The van der Waals surface area contributed by atoms with Gasteiger partial charge in [-0.05, 0) is 36.4 Å². The van der Waals surface area contributed by atoms with Crippen LogP contribution in [0.25, 0.3) is 5.82 Å². The van der Waals surface area contributed by atoms with E-state index >= 15 is 0 Å². The van der Waals surface area contributed by atoms with E-state index in [1.165, 1.54) is 34.9 Å². The standard InChI is InChI=1S/C19H18N6O2S/c20-14-16-3-5-17(6-4-16)28(26,27)25-11-9-24(10-12-25)19-13-18(21-15-22-19)23-7-1-2-8-23/h1-8,13,15H,9-12H2. The number of rotatable bonds is 4. The van der Waals surface area contributed by atoms with Gasteiger partial charge in [0.2, 0.25) is 10.0 Å². The predicted octanol–water partition coefficient (Wildman–Crippen LogP) is 1.65. The van der Waals surface area contributed by atoms with Crippen LogP contribution in [0.5, 0.6) is 0 Å². The number of hydrogen-bond donors (Lipinski definition) is 0. The molecule has 1 aliphatic rings. The molecule has 3 aromatic rings. The van der Waals surface area contributed by atoms with Crippen LogP contribution in [0, 0.1) is 11.3 Å². The van der Waals surface area contributed by atoms with Crippen LogP contribution >= 0.6 is 0 Å². The Morgan fingerprint density at radius 2 is 1.57 bits per heavy atom. The van der Waals surface area contributed by atoms with E-state index < -0.39 is 10.0 Å². The molecule has 1 fully saturated rings. The average molecular weight is 394 g/mol. The smallest absolute Gasteiger partial charge is 0.243 e. The van der Waals surface area contributed by atoms with Gasteiger partial charge in [-0.1, -0.05) is 0 Å². The number of aromatic nitrogens is 3. The van der Waals surface area contributed by atoms with E-state index in [2.05, 4.69) is 14.9 Å². The molecule has 1 aromatic carbocycles. The zero-order chi connectivity index (χ0) is 19.6. The number of piperazine rings is 1. The first-order valence-electron chi connectivity index (χ1n) is 8.78. The minimum Gasteiger partial charge on any atom is -0.354 e. The van der Waals surface area contributed by atoms with Crippen molar-refractivity contribution >= 4 is 15.8 Å². The van der Waals surface area contributed by atoms with Crippen LogP contribution in [0.1, 0.15) is 5.56 Å². The fraction of sp³-hybridized carbons (Fsp3) is 0.211. The van der Waals surface area contributed by atoms with Crippen LogP contribution < -0.4 is 4.90 Å². The molecular weight excluding hydrogens is 376 g/mol. The molecular formula is C19H18N6O2S. The van der Waals surface area contributed by atoms with Gasteiger partial charge in [0.05, 0.1) is 16.5 Å². The Labute approximate surface area is 163 Å². The summed E-state index contributed by atoms with van der Waals surface area (Å²) in [4.78, 5) is 10.9. The minimum atomic E-state index is -3.58. The summed E-state index contributed by atoms with van der Waals surface area (Å²) in [6.45, 7) is 1.81. The SMILES string of the molecule is N#Cc1ccc(S(=O)(=O)N2CCN(c3cc(-n4cccc4)ncn3)CC2)cc1. The molecule has 0 spiro atoms. The molecule has 0 amide bonds. The van der Waals surface area contributed by atoms with Gasteiger partial charge < -0.3 is 9.47 Å². The van der Waals surface area contributed by atoms with E-state index in [9.17, 15) is 8.42 Å². The topological polar surface area (TPSA) is 95.1 Å². The Bertz CT molecular complexity index is 1100. The lowest BCUT2D eigenvalue weighted by molar-refractivity contribution is 0.383. The summed E-state index contributed by atoms with van der Waals surface area (Å²) in [7, 11) is -3.58. The predicted molar refractivity (Wildman–Crippen MR) is 103 cm³/mol. The van der Waals surface area contributed by atoms with Crippen molar-refractivity contribution in [1.82, 2.24) is 18.8 Å². The summed E-state index contributed by atoms with van der Waals surface area (Å²) in [6.07, 6.45) is 5.34. The lowest BCUT2D eigenvalue weighted by Crippen LogP contribution is -2.48. The average Bonchev–Trinajstić information content (AvgIpc) is 3.29. The number of nitrogens with zero attached hydrogens (tertiary/aromatic N) is 6. The van der Waals surface area contributed by atoms with E-state index in [1.54, 1.807) is 0 Å². The fourth-order valence-corrected chi connectivity index (χ4v) is 4.57. The zero-order valence-corrected chi connectivity index (χ0v) is 15.8. The van der Waals surface area contributed by atoms with Crippen LogP contribution in [-0.4, -0.2) is 53.4 Å².